The molecule has 2 atom stereocenters. The lowest BCUT2D eigenvalue weighted by Gasteiger charge is -2.29. The number of anilines is 2. The molecular formula is C24H31N5O3. The summed E-state index contributed by atoms with van der Waals surface area (Å²) in [5.74, 6) is -0.324. The van der Waals surface area contributed by atoms with Crippen LogP contribution in [0.4, 0.5) is 11.4 Å². The minimum Gasteiger partial charge on any atom is -0.381 e. The van der Waals surface area contributed by atoms with E-state index >= 15 is 0 Å². The van der Waals surface area contributed by atoms with E-state index in [1.807, 2.05) is 48.5 Å². The number of hydrogen-bond acceptors (Lipinski definition) is 6. The fourth-order valence-corrected chi connectivity index (χ4v) is 4.33. The Hall–Kier alpha value is -2.94. The van der Waals surface area contributed by atoms with Crippen molar-refractivity contribution in [2.24, 2.45) is 0 Å². The topological polar surface area (TPSA) is 104 Å². The zero-order chi connectivity index (χ0) is 22.3. The van der Waals surface area contributed by atoms with E-state index in [9.17, 15) is 9.59 Å². The fraction of sp³-hybridized carbons (Fsp3) is 0.417. The fourth-order valence-electron chi connectivity index (χ4n) is 4.33. The third-order valence-electron chi connectivity index (χ3n) is 6.16. The lowest BCUT2D eigenvalue weighted by Crippen LogP contribution is -2.55. The predicted molar refractivity (Wildman–Crippen MR) is 124 cm³/mol. The molecule has 5 N–H and O–H groups in total. The molecule has 1 aliphatic heterocycles. The summed E-state index contributed by atoms with van der Waals surface area (Å²) in [7, 11) is 1.73. The molecule has 1 saturated heterocycles. The molecule has 1 saturated carbocycles. The van der Waals surface area contributed by atoms with Crippen molar-refractivity contribution in [3.63, 3.8) is 0 Å². The van der Waals surface area contributed by atoms with Gasteiger partial charge in [-0.15, -0.1) is 0 Å². The van der Waals surface area contributed by atoms with Crippen LogP contribution >= 0.6 is 0 Å². The van der Waals surface area contributed by atoms with Crippen LogP contribution < -0.4 is 26.8 Å². The molecule has 1 heterocycles. The van der Waals surface area contributed by atoms with Crippen LogP contribution in [0.15, 0.2) is 54.6 Å². The van der Waals surface area contributed by atoms with Crippen molar-refractivity contribution in [3.05, 3.63) is 60.2 Å². The molecule has 0 spiro atoms. The van der Waals surface area contributed by atoms with Gasteiger partial charge in [-0.25, -0.2) is 5.43 Å². The van der Waals surface area contributed by atoms with E-state index in [0.29, 0.717) is 17.8 Å². The van der Waals surface area contributed by atoms with Crippen molar-refractivity contribution in [2.45, 2.75) is 49.9 Å². The smallest absolute Gasteiger partial charge is 0.253 e. The molecule has 2 aliphatic rings. The summed E-state index contributed by atoms with van der Waals surface area (Å²) in [6.07, 6.45) is 3.98. The number of hydrazine groups is 1. The molecule has 2 fully saturated rings. The number of ether oxygens (including phenoxy) is 1. The molecular weight excluding hydrogens is 406 g/mol. The second-order valence-corrected chi connectivity index (χ2v) is 8.34. The Morgan fingerprint density at radius 2 is 1.66 bits per heavy atom. The van der Waals surface area contributed by atoms with Gasteiger partial charge in [0.05, 0.1) is 23.4 Å². The van der Waals surface area contributed by atoms with Crippen molar-refractivity contribution in [3.8, 4) is 0 Å². The van der Waals surface area contributed by atoms with Crippen LogP contribution in [-0.4, -0.2) is 49.7 Å². The van der Waals surface area contributed by atoms with Gasteiger partial charge in [-0.2, -0.15) is 0 Å². The van der Waals surface area contributed by atoms with E-state index in [4.69, 9.17) is 4.74 Å². The Balaban J connectivity index is 1.37. The number of carbonyl (C=O) groups excluding carboxylic acids is 2. The van der Waals surface area contributed by atoms with Gasteiger partial charge in [0.2, 0.25) is 5.91 Å². The molecule has 0 radical (unpaired) electrons. The number of carbonyl (C=O) groups is 2. The number of benzene rings is 2. The maximum atomic E-state index is 13.1. The summed E-state index contributed by atoms with van der Waals surface area (Å²) >= 11 is 0. The van der Waals surface area contributed by atoms with Crippen LogP contribution in [0.5, 0.6) is 0 Å². The molecule has 170 valence electrons. The summed E-state index contributed by atoms with van der Waals surface area (Å²) in [5.41, 5.74) is 8.16. The highest BCUT2D eigenvalue weighted by molar-refractivity contribution is 6.01. The van der Waals surface area contributed by atoms with Crippen LogP contribution in [0.1, 0.15) is 36.0 Å². The highest BCUT2D eigenvalue weighted by Gasteiger charge is 2.35. The highest BCUT2D eigenvalue weighted by atomic mass is 16.5. The normalized spacial score (nSPS) is 25.2. The lowest BCUT2D eigenvalue weighted by molar-refractivity contribution is -0.124. The molecule has 1 aliphatic carbocycles. The largest absolute Gasteiger partial charge is 0.381 e. The minimum absolute atomic E-state index is 0.100. The van der Waals surface area contributed by atoms with Crippen molar-refractivity contribution in [1.29, 1.82) is 0 Å². The third kappa shape index (κ3) is 5.45. The Morgan fingerprint density at radius 1 is 0.938 bits per heavy atom. The van der Waals surface area contributed by atoms with Gasteiger partial charge in [-0.3, -0.25) is 15.0 Å². The molecule has 2 aromatic rings. The van der Waals surface area contributed by atoms with Gasteiger partial charge in [0.15, 0.2) is 0 Å². The molecule has 8 heteroatoms. The molecule has 0 aromatic heterocycles. The number of nitrogens with one attached hydrogen (secondary N) is 5. The average molecular weight is 438 g/mol. The van der Waals surface area contributed by atoms with E-state index in [1.54, 1.807) is 13.2 Å². The Bertz CT molecular complexity index is 915. The molecule has 0 bridgehead atoms. The summed E-state index contributed by atoms with van der Waals surface area (Å²) in [6.45, 7) is 0.467. The van der Waals surface area contributed by atoms with Crippen molar-refractivity contribution >= 4 is 23.2 Å². The highest BCUT2D eigenvalue weighted by Crippen LogP contribution is 2.22. The van der Waals surface area contributed by atoms with Gasteiger partial charge >= 0.3 is 0 Å². The monoisotopic (exact) mass is 437 g/mol. The molecule has 32 heavy (non-hydrogen) atoms. The zero-order valence-electron chi connectivity index (χ0n) is 18.3. The second kappa shape index (κ2) is 10.6. The van der Waals surface area contributed by atoms with Crippen LogP contribution in [0.25, 0.3) is 0 Å². The summed E-state index contributed by atoms with van der Waals surface area (Å²) in [4.78, 5) is 26.0. The van der Waals surface area contributed by atoms with Crippen LogP contribution in [-0.2, 0) is 9.53 Å². The molecule has 2 aromatic carbocycles. The Morgan fingerprint density at radius 3 is 2.41 bits per heavy atom. The first-order valence-corrected chi connectivity index (χ1v) is 11.2. The quantitative estimate of drug-likeness (QED) is 0.455. The predicted octanol–water partition coefficient (Wildman–Crippen LogP) is 2.08. The summed E-state index contributed by atoms with van der Waals surface area (Å²) in [6, 6.07) is 16.3. The van der Waals surface area contributed by atoms with E-state index in [0.717, 1.165) is 31.4 Å². The van der Waals surface area contributed by atoms with Crippen LogP contribution in [0, 0.1) is 0 Å². The number of amides is 2. The van der Waals surface area contributed by atoms with Gasteiger partial charge in [0.1, 0.15) is 6.04 Å². The van der Waals surface area contributed by atoms with Crippen molar-refractivity contribution in [1.82, 2.24) is 21.5 Å². The number of hydrogen-bond donors (Lipinski definition) is 5. The zero-order valence-corrected chi connectivity index (χ0v) is 18.3. The van der Waals surface area contributed by atoms with E-state index in [-0.39, 0.29) is 30.0 Å². The van der Waals surface area contributed by atoms with Crippen LogP contribution in [0.2, 0.25) is 0 Å². The maximum absolute atomic E-state index is 13.1. The average Bonchev–Trinajstić information content (AvgIpc) is 3.29. The van der Waals surface area contributed by atoms with Gasteiger partial charge in [-0.05, 0) is 49.9 Å². The van der Waals surface area contributed by atoms with E-state index in [2.05, 4.69) is 26.8 Å². The Labute approximate surface area is 188 Å². The SMILES string of the molecule is COC1CCC(NC(=O)C2NNCC2NC(=O)c2ccccc2Nc2ccccc2)CC1. The molecule has 4 rings (SSSR count). The number of para-hydroxylation sites is 2. The number of rotatable bonds is 7. The first-order chi connectivity index (χ1) is 15.6. The molecule has 8 nitrogen and oxygen atoms in total. The minimum atomic E-state index is -0.534. The summed E-state index contributed by atoms with van der Waals surface area (Å²) < 4.78 is 5.41. The van der Waals surface area contributed by atoms with Crippen molar-refractivity contribution < 1.29 is 14.3 Å². The first-order valence-electron chi connectivity index (χ1n) is 11.2. The van der Waals surface area contributed by atoms with Gasteiger partial charge in [0, 0.05) is 25.4 Å². The van der Waals surface area contributed by atoms with Crippen molar-refractivity contribution in [2.75, 3.05) is 19.0 Å². The van der Waals surface area contributed by atoms with Gasteiger partial charge < -0.3 is 20.7 Å². The van der Waals surface area contributed by atoms with Gasteiger partial charge in [-0.1, -0.05) is 30.3 Å². The van der Waals surface area contributed by atoms with E-state index in [1.165, 1.54) is 0 Å². The van der Waals surface area contributed by atoms with Gasteiger partial charge in [0.25, 0.3) is 5.91 Å². The first kappa shape index (κ1) is 22.3. The second-order valence-electron chi connectivity index (χ2n) is 8.34. The lowest BCUT2D eigenvalue weighted by atomic mass is 9.92. The van der Waals surface area contributed by atoms with Crippen LogP contribution in [0.3, 0.4) is 0 Å². The summed E-state index contributed by atoms with van der Waals surface area (Å²) in [5, 5.41) is 9.45. The molecule has 2 amide bonds. The standard InChI is InChI=1S/C24H31N5O3/c1-32-18-13-11-17(12-14-18)27-24(31)22-21(15-25-29-22)28-23(30)19-9-5-6-10-20(19)26-16-7-3-2-4-8-16/h2-10,17-18,21-22,25-26,29H,11-15H2,1H3,(H,27,31)(H,28,30). The van der Waals surface area contributed by atoms with E-state index < -0.39 is 6.04 Å². The Kier molecular flexibility index (Phi) is 7.36. The molecule has 2 unspecified atom stereocenters. The maximum Gasteiger partial charge on any atom is 0.253 e. The third-order valence-corrected chi connectivity index (χ3v) is 6.16. The number of methoxy groups -OCH3 is 1.